The second-order valence-electron chi connectivity index (χ2n) is 5.67. The predicted molar refractivity (Wildman–Crippen MR) is 77.0 cm³/mol. The fourth-order valence-corrected chi connectivity index (χ4v) is 2.43. The maximum Gasteiger partial charge on any atom is 0.161 e. The molecule has 0 spiro atoms. The van der Waals surface area contributed by atoms with Crippen LogP contribution in [0.2, 0.25) is 0 Å². The first-order chi connectivity index (χ1) is 8.96. The average Bonchev–Trinajstić information content (AvgIpc) is 2.39. The molecule has 19 heavy (non-hydrogen) atoms. The van der Waals surface area contributed by atoms with Crippen LogP contribution in [0.5, 0.6) is 11.5 Å². The number of benzene rings is 1. The average molecular weight is 264 g/mol. The molecule has 1 aliphatic heterocycles. The van der Waals surface area contributed by atoms with E-state index in [9.17, 15) is 0 Å². The Morgan fingerprint density at radius 1 is 1.16 bits per heavy atom. The van der Waals surface area contributed by atoms with Gasteiger partial charge in [-0.3, -0.25) is 0 Å². The number of rotatable bonds is 4. The highest BCUT2D eigenvalue weighted by molar-refractivity contribution is 5.45. The number of nitrogens with zero attached hydrogens (tertiary/aromatic N) is 1. The highest BCUT2D eigenvalue weighted by atomic mass is 16.6. The van der Waals surface area contributed by atoms with Gasteiger partial charge in [0, 0.05) is 5.54 Å². The van der Waals surface area contributed by atoms with E-state index in [2.05, 4.69) is 50.3 Å². The summed E-state index contributed by atoms with van der Waals surface area (Å²) in [6.45, 7) is 5.71. The van der Waals surface area contributed by atoms with Crippen LogP contribution in [0, 0.1) is 0 Å². The molecule has 1 N–H and O–H groups in total. The Hall–Kier alpha value is -1.26. The Labute approximate surface area is 115 Å². The Balaban J connectivity index is 2.34. The zero-order chi connectivity index (χ0) is 14.0. The van der Waals surface area contributed by atoms with Gasteiger partial charge in [0.1, 0.15) is 13.2 Å². The van der Waals surface area contributed by atoms with Gasteiger partial charge in [-0.05, 0) is 52.7 Å². The summed E-state index contributed by atoms with van der Waals surface area (Å²) in [5.74, 6) is 1.69. The first kappa shape index (κ1) is 14.2. The van der Waals surface area contributed by atoms with Crippen LogP contribution in [0.25, 0.3) is 0 Å². The van der Waals surface area contributed by atoms with E-state index in [0.717, 1.165) is 11.5 Å². The largest absolute Gasteiger partial charge is 0.486 e. The molecule has 1 aromatic carbocycles. The van der Waals surface area contributed by atoms with Gasteiger partial charge < -0.3 is 19.7 Å². The first-order valence-electron chi connectivity index (χ1n) is 6.71. The summed E-state index contributed by atoms with van der Waals surface area (Å²) < 4.78 is 11.2. The molecule has 1 heterocycles. The van der Waals surface area contributed by atoms with Crippen molar-refractivity contribution in [1.82, 2.24) is 10.2 Å². The summed E-state index contributed by atoms with van der Waals surface area (Å²) in [5, 5.41) is 3.41. The van der Waals surface area contributed by atoms with Crippen molar-refractivity contribution in [3.63, 3.8) is 0 Å². The molecule has 2 rings (SSSR count). The molecule has 4 nitrogen and oxygen atoms in total. The minimum absolute atomic E-state index is 0.00148. The van der Waals surface area contributed by atoms with Gasteiger partial charge in [0.2, 0.25) is 0 Å². The molecule has 0 saturated heterocycles. The molecule has 0 aromatic heterocycles. The maximum atomic E-state index is 5.67. The highest BCUT2D eigenvalue weighted by Crippen LogP contribution is 2.36. The van der Waals surface area contributed by atoms with Crippen LogP contribution in [-0.2, 0) is 0 Å². The van der Waals surface area contributed by atoms with Crippen molar-refractivity contribution < 1.29 is 9.47 Å². The number of hydrogen-bond donors (Lipinski definition) is 1. The minimum atomic E-state index is -0.00148. The van der Waals surface area contributed by atoms with Crippen LogP contribution in [0.3, 0.4) is 0 Å². The number of ether oxygens (including phenoxy) is 2. The van der Waals surface area contributed by atoms with Gasteiger partial charge in [0.15, 0.2) is 11.5 Å². The standard InChI is InChI=1S/C15H24N2O2/c1-15(2,17(4)5)14(16-3)11-6-7-12-13(10-11)19-9-8-18-12/h6-7,10,14,16H,8-9H2,1-5H3. The van der Waals surface area contributed by atoms with Crippen molar-refractivity contribution in [3.05, 3.63) is 23.8 Å². The summed E-state index contributed by atoms with van der Waals surface area (Å²) in [7, 11) is 6.19. The van der Waals surface area contributed by atoms with Crippen molar-refractivity contribution >= 4 is 0 Å². The third-order valence-electron chi connectivity index (χ3n) is 4.05. The van der Waals surface area contributed by atoms with E-state index in [1.807, 2.05) is 13.1 Å². The maximum absolute atomic E-state index is 5.67. The monoisotopic (exact) mass is 264 g/mol. The summed E-state index contributed by atoms with van der Waals surface area (Å²) in [6.07, 6.45) is 0. The molecule has 0 amide bonds. The number of hydrogen-bond acceptors (Lipinski definition) is 4. The molecule has 0 bridgehead atoms. The summed E-state index contributed by atoms with van der Waals surface area (Å²) >= 11 is 0. The number of likely N-dealkylation sites (N-methyl/N-ethyl adjacent to an activating group) is 2. The molecule has 1 aliphatic rings. The van der Waals surface area contributed by atoms with E-state index >= 15 is 0 Å². The van der Waals surface area contributed by atoms with E-state index in [-0.39, 0.29) is 11.6 Å². The summed E-state index contributed by atoms with van der Waals surface area (Å²) in [6, 6.07) is 6.42. The van der Waals surface area contributed by atoms with Gasteiger partial charge in [0.25, 0.3) is 0 Å². The second-order valence-corrected chi connectivity index (χ2v) is 5.67. The first-order valence-corrected chi connectivity index (χ1v) is 6.71. The fraction of sp³-hybridized carbons (Fsp3) is 0.600. The zero-order valence-corrected chi connectivity index (χ0v) is 12.5. The van der Waals surface area contributed by atoms with E-state index in [1.165, 1.54) is 5.56 Å². The smallest absolute Gasteiger partial charge is 0.161 e. The van der Waals surface area contributed by atoms with Crippen LogP contribution < -0.4 is 14.8 Å². The highest BCUT2D eigenvalue weighted by Gasteiger charge is 2.32. The van der Waals surface area contributed by atoms with Gasteiger partial charge in [-0.1, -0.05) is 6.07 Å². The van der Waals surface area contributed by atoms with Crippen LogP contribution in [0.15, 0.2) is 18.2 Å². The predicted octanol–water partition coefficient (Wildman–Crippen LogP) is 2.06. The minimum Gasteiger partial charge on any atom is -0.486 e. The quantitative estimate of drug-likeness (QED) is 0.902. The lowest BCUT2D eigenvalue weighted by Crippen LogP contribution is -2.48. The van der Waals surface area contributed by atoms with E-state index < -0.39 is 0 Å². The molecule has 106 valence electrons. The lowest BCUT2D eigenvalue weighted by atomic mass is 9.87. The molecule has 0 radical (unpaired) electrons. The summed E-state index contributed by atoms with van der Waals surface area (Å²) in [5.41, 5.74) is 1.21. The van der Waals surface area contributed by atoms with Crippen molar-refractivity contribution in [3.8, 4) is 11.5 Å². The lowest BCUT2D eigenvalue weighted by Gasteiger charge is -2.40. The van der Waals surface area contributed by atoms with Crippen molar-refractivity contribution in [2.24, 2.45) is 0 Å². The van der Waals surface area contributed by atoms with Gasteiger partial charge in [0.05, 0.1) is 6.04 Å². The summed E-state index contributed by atoms with van der Waals surface area (Å²) in [4.78, 5) is 2.23. The Kier molecular flexibility index (Phi) is 4.02. The molecule has 1 atom stereocenters. The fourth-order valence-electron chi connectivity index (χ4n) is 2.43. The molecular formula is C15H24N2O2. The number of fused-ring (bicyclic) bond motifs is 1. The van der Waals surface area contributed by atoms with E-state index in [4.69, 9.17) is 9.47 Å². The van der Waals surface area contributed by atoms with Crippen molar-refractivity contribution in [2.75, 3.05) is 34.4 Å². The SMILES string of the molecule is CNC(c1ccc2c(c1)OCCO2)C(C)(C)N(C)C. The molecule has 0 aliphatic carbocycles. The van der Waals surface area contributed by atoms with Crippen LogP contribution in [0.4, 0.5) is 0 Å². The Bertz CT molecular complexity index is 444. The molecule has 0 saturated carbocycles. The second kappa shape index (κ2) is 5.39. The van der Waals surface area contributed by atoms with Gasteiger partial charge in [-0.2, -0.15) is 0 Å². The topological polar surface area (TPSA) is 33.7 Å². The third kappa shape index (κ3) is 2.69. The molecule has 1 unspecified atom stereocenters. The molecular weight excluding hydrogens is 240 g/mol. The van der Waals surface area contributed by atoms with Crippen LogP contribution in [-0.4, -0.2) is 44.8 Å². The van der Waals surface area contributed by atoms with Crippen molar-refractivity contribution in [2.45, 2.75) is 25.4 Å². The van der Waals surface area contributed by atoms with Crippen LogP contribution in [0.1, 0.15) is 25.5 Å². The Morgan fingerprint density at radius 2 is 1.79 bits per heavy atom. The normalized spacial score (nSPS) is 16.5. The molecule has 1 aromatic rings. The van der Waals surface area contributed by atoms with Gasteiger partial charge >= 0.3 is 0 Å². The third-order valence-corrected chi connectivity index (χ3v) is 4.05. The van der Waals surface area contributed by atoms with E-state index in [0.29, 0.717) is 13.2 Å². The van der Waals surface area contributed by atoms with Crippen molar-refractivity contribution in [1.29, 1.82) is 0 Å². The lowest BCUT2D eigenvalue weighted by molar-refractivity contribution is 0.141. The number of nitrogens with one attached hydrogen (secondary N) is 1. The zero-order valence-electron chi connectivity index (χ0n) is 12.5. The Morgan fingerprint density at radius 3 is 2.37 bits per heavy atom. The molecule has 0 fully saturated rings. The molecule has 4 heteroatoms. The van der Waals surface area contributed by atoms with Crippen LogP contribution >= 0.6 is 0 Å². The van der Waals surface area contributed by atoms with Gasteiger partial charge in [-0.15, -0.1) is 0 Å². The van der Waals surface area contributed by atoms with E-state index in [1.54, 1.807) is 0 Å². The van der Waals surface area contributed by atoms with Gasteiger partial charge in [-0.25, -0.2) is 0 Å².